The number of benzene rings is 1. The smallest absolute Gasteiger partial charge is 0.251 e. The maximum atomic E-state index is 12.0. The van der Waals surface area contributed by atoms with Crippen LogP contribution in [-0.4, -0.2) is 12.5 Å². The molecule has 0 unspecified atom stereocenters. The number of nitrogens with one attached hydrogen (secondary N) is 1. The van der Waals surface area contributed by atoms with Crippen molar-refractivity contribution < 1.29 is 4.79 Å². The van der Waals surface area contributed by atoms with E-state index in [4.69, 9.17) is 11.6 Å². The van der Waals surface area contributed by atoms with E-state index >= 15 is 0 Å². The number of amides is 1. The lowest BCUT2D eigenvalue weighted by atomic mass is 9.85. The van der Waals surface area contributed by atoms with Gasteiger partial charge in [0.1, 0.15) is 0 Å². The standard InChI is InChI=1S/C16H24ClNO/c1-11(2)15(12(3)4)10-18-16(19)14-7-5-13(9-17)6-8-14/h5-8,11-12,15H,9-10H2,1-4H3,(H,18,19). The van der Waals surface area contributed by atoms with Gasteiger partial charge in [0.15, 0.2) is 0 Å². The fraction of sp³-hybridized carbons (Fsp3) is 0.562. The number of carbonyl (C=O) groups is 1. The van der Waals surface area contributed by atoms with Crippen molar-refractivity contribution in [2.45, 2.75) is 33.6 Å². The molecule has 0 heterocycles. The Morgan fingerprint density at radius 3 is 2.05 bits per heavy atom. The molecule has 0 atom stereocenters. The maximum absolute atomic E-state index is 12.0. The summed E-state index contributed by atoms with van der Waals surface area (Å²) < 4.78 is 0. The van der Waals surface area contributed by atoms with Crippen LogP contribution in [-0.2, 0) is 5.88 Å². The van der Waals surface area contributed by atoms with E-state index in [0.29, 0.717) is 29.2 Å². The molecule has 0 saturated heterocycles. The second-order valence-corrected chi connectivity index (χ2v) is 5.96. The van der Waals surface area contributed by atoms with Crippen molar-refractivity contribution in [3.8, 4) is 0 Å². The highest BCUT2D eigenvalue weighted by Gasteiger charge is 2.18. The van der Waals surface area contributed by atoms with Gasteiger partial charge in [-0.1, -0.05) is 39.8 Å². The first-order valence-corrected chi connectivity index (χ1v) is 7.42. The van der Waals surface area contributed by atoms with Crippen molar-refractivity contribution in [2.24, 2.45) is 17.8 Å². The Hall–Kier alpha value is -1.02. The molecule has 0 saturated carbocycles. The Kier molecular flexibility index (Phi) is 6.36. The minimum atomic E-state index is -0.00702. The van der Waals surface area contributed by atoms with Crippen LogP contribution in [0.2, 0.25) is 0 Å². The van der Waals surface area contributed by atoms with Gasteiger partial charge in [0.25, 0.3) is 5.91 Å². The molecule has 0 aliphatic carbocycles. The van der Waals surface area contributed by atoms with Crippen molar-refractivity contribution in [1.82, 2.24) is 5.32 Å². The Bertz CT molecular complexity index is 390. The van der Waals surface area contributed by atoms with Gasteiger partial charge < -0.3 is 5.32 Å². The molecule has 1 N–H and O–H groups in total. The molecular weight excluding hydrogens is 258 g/mol. The lowest BCUT2D eigenvalue weighted by Gasteiger charge is -2.25. The average molecular weight is 282 g/mol. The van der Waals surface area contributed by atoms with E-state index in [9.17, 15) is 4.79 Å². The SMILES string of the molecule is CC(C)C(CNC(=O)c1ccc(CCl)cc1)C(C)C. The van der Waals surface area contributed by atoms with Crippen molar-refractivity contribution in [3.05, 3.63) is 35.4 Å². The first-order chi connectivity index (χ1) is 8.95. The summed E-state index contributed by atoms with van der Waals surface area (Å²) in [6, 6.07) is 7.44. The van der Waals surface area contributed by atoms with E-state index < -0.39 is 0 Å². The Labute approximate surface area is 121 Å². The molecular formula is C16H24ClNO. The second kappa shape index (κ2) is 7.54. The number of halogens is 1. The van der Waals surface area contributed by atoms with Gasteiger partial charge in [-0.2, -0.15) is 0 Å². The lowest BCUT2D eigenvalue weighted by molar-refractivity contribution is 0.0937. The number of carbonyl (C=O) groups excluding carboxylic acids is 1. The van der Waals surface area contributed by atoms with Crippen LogP contribution >= 0.6 is 11.6 Å². The highest BCUT2D eigenvalue weighted by atomic mass is 35.5. The molecule has 0 fully saturated rings. The molecule has 106 valence electrons. The molecule has 1 rings (SSSR count). The summed E-state index contributed by atoms with van der Waals surface area (Å²) in [5.41, 5.74) is 1.72. The third-order valence-corrected chi connectivity index (χ3v) is 3.89. The number of rotatable bonds is 6. The van der Waals surface area contributed by atoms with Crippen molar-refractivity contribution in [3.63, 3.8) is 0 Å². The zero-order valence-corrected chi connectivity index (χ0v) is 13.0. The molecule has 0 bridgehead atoms. The van der Waals surface area contributed by atoms with Crippen LogP contribution in [0.25, 0.3) is 0 Å². The van der Waals surface area contributed by atoms with Crippen LogP contribution in [0.1, 0.15) is 43.6 Å². The van der Waals surface area contributed by atoms with Crippen molar-refractivity contribution in [2.75, 3.05) is 6.54 Å². The maximum Gasteiger partial charge on any atom is 0.251 e. The summed E-state index contributed by atoms with van der Waals surface area (Å²) in [4.78, 5) is 12.0. The van der Waals surface area contributed by atoms with Gasteiger partial charge in [-0.15, -0.1) is 11.6 Å². The molecule has 2 nitrogen and oxygen atoms in total. The number of hydrogen-bond donors (Lipinski definition) is 1. The molecule has 1 aromatic rings. The van der Waals surface area contributed by atoms with Gasteiger partial charge in [0.05, 0.1) is 0 Å². The van der Waals surface area contributed by atoms with Gasteiger partial charge in [0, 0.05) is 18.0 Å². The lowest BCUT2D eigenvalue weighted by Crippen LogP contribution is -2.33. The van der Waals surface area contributed by atoms with E-state index in [0.717, 1.165) is 12.1 Å². The zero-order chi connectivity index (χ0) is 14.4. The zero-order valence-electron chi connectivity index (χ0n) is 12.2. The fourth-order valence-corrected chi connectivity index (χ4v) is 2.48. The Morgan fingerprint density at radius 2 is 1.63 bits per heavy atom. The molecule has 19 heavy (non-hydrogen) atoms. The third kappa shape index (κ3) is 4.87. The van der Waals surface area contributed by atoms with Gasteiger partial charge in [0.2, 0.25) is 0 Å². The van der Waals surface area contributed by atoms with Crippen LogP contribution in [0.3, 0.4) is 0 Å². The van der Waals surface area contributed by atoms with E-state index in [1.807, 2.05) is 24.3 Å². The van der Waals surface area contributed by atoms with Gasteiger partial charge in [-0.25, -0.2) is 0 Å². The summed E-state index contributed by atoms with van der Waals surface area (Å²) in [7, 11) is 0. The third-order valence-electron chi connectivity index (χ3n) is 3.58. The van der Waals surface area contributed by atoms with Gasteiger partial charge in [-0.05, 0) is 35.4 Å². The van der Waals surface area contributed by atoms with Crippen LogP contribution in [0, 0.1) is 17.8 Å². The second-order valence-electron chi connectivity index (χ2n) is 5.69. The number of hydrogen-bond acceptors (Lipinski definition) is 1. The first kappa shape index (κ1) is 16.0. The van der Waals surface area contributed by atoms with Crippen LogP contribution in [0.15, 0.2) is 24.3 Å². The first-order valence-electron chi connectivity index (χ1n) is 6.88. The normalized spacial score (nSPS) is 11.4. The molecule has 0 aromatic heterocycles. The van der Waals surface area contributed by atoms with Crippen molar-refractivity contribution in [1.29, 1.82) is 0 Å². The van der Waals surface area contributed by atoms with E-state index in [2.05, 4.69) is 33.0 Å². The molecule has 0 aliphatic rings. The van der Waals surface area contributed by atoms with Crippen LogP contribution < -0.4 is 5.32 Å². The van der Waals surface area contributed by atoms with Crippen LogP contribution in [0.5, 0.6) is 0 Å². The number of alkyl halides is 1. The molecule has 0 aliphatic heterocycles. The summed E-state index contributed by atoms with van der Waals surface area (Å²) >= 11 is 5.73. The molecule has 1 aromatic carbocycles. The highest BCUT2D eigenvalue weighted by molar-refractivity contribution is 6.17. The van der Waals surface area contributed by atoms with E-state index in [1.54, 1.807) is 0 Å². The van der Waals surface area contributed by atoms with Crippen molar-refractivity contribution >= 4 is 17.5 Å². The molecule has 0 radical (unpaired) electrons. The van der Waals surface area contributed by atoms with Gasteiger partial charge in [-0.3, -0.25) is 4.79 Å². The minimum absolute atomic E-state index is 0.00702. The quantitative estimate of drug-likeness (QED) is 0.782. The molecule has 0 spiro atoms. The van der Waals surface area contributed by atoms with E-state index in [1.165, 1.54) is 0 Å². The summed E-state index contributed by atoms with van der Waals surface area (Å²) in [6.45, 7) is 9.53. The highest BCUT2D eigenvalue weighted by Crippen LogP contribution is 2.19. The summed E-state index contributed by atoms with van der Waals surface area (Å²) in [5.74, 6) is 2.11. The fourth-order valence-electron chi connectivity index (χ4n) is 2.30. The largest absolute Gasteiger partial charge is 0.352 e. The monoisotopic (exact) mass is 281 g/mol. The molecule has 1 amide bonds. The topological polar surface area (TPSA) is 29.1 Å². The summed E-state index contributed by atoms with van der Waals surface area (Å²) in [6.07, 6.45) is 0. The predicted octanol–water partition coefficient (Wildman–Crippen LogP) is 4.08. The summed E-state index contributed by atoms with van der Waals surface area (Å²) in [5, 5.41) is 3.03. The minimum Gasteiger partial charge on any atom is -0.352 e. The van der Waals surface area contributed by atoms with E-state index in [-0.39, 0.29) is 5.91 Å². The Morgan fingerprint density at radius 1 is 1.11 bits per heavy atom. The Balaban J connectivity index is 2.58. The predicted molar refractivity (Wildman–Crippen MR) is 81.5 cm³/mol. The van der Waals surface area contributed by atoms with Gasteiger partial charge >= 0.3 is 0 Å². The average Bonchev–Trinajstić information content (AvgIpc) is 2.38. The van der Waals surface area contributed by atoms with Crippen LogP contribution in [0.4, 0.5) is 0 Å². The molecule has 3 heteroatoms.